The van der Waals surface area contributed by atoms with Crippen molar-refractivity contribution in [2.75, 3.05) is 20.2 Å². The van der Waals surface area contributed by atoms with Crippen LogP contribution in [0.3, 0.4) is 0 Å². The van der Waals surface area contributed by atoms with E-state index in [4.69, 9.17) is 4.74 Å². The molecular weight excluding hydrogens is 465 g/mol. The lowest BCUT2D eigenvalue weighted by Crippen LogP contribution is -2.39. The van der Waals surface area contributed by atoms with E-state index in [1.54, 1.807) is 7.05 Å². The highest BCUT2D eigenvalue weighted by Crippen LogP contribution is 2.13. The number of hydrogen-bond acceptors (Lipinski definition) is 3. The molecule has 0 aliphatic carbocycles. The topological polar surface area (TPSA) is 65.9 Å². The first-order valence-electron chi connectivity index (χ1n) is 9.42. The fourth-order valence-electron chi connectivity index (χ4n) is 2.66. The quantitative estimate of drug-likeness (QED) is 0.281. The monoisotopic (exact) mass is 497 g/mol. The molecule has 0 aliphatic heterocycles. The lowest BCUT2D eigenvalue weighted by molar-refractivity contribution is 0.0657. The molecule has 0 aromatic heterocycles. The van der Waals surface area contributed by atoms with Crippen LogP contribution in [0.15, 0.2) is 59.6 Å². The number of hydrogen-bond donors (Lipinski definition) is 3. The summed E-state index contributed by atoms with van der Waals surface area (Å²) >= 11 is 0. The largest absolute Gasteiger partial charge is 0.396 e. The van der Waals surface area contributed by atoms with Gasteiger partial charge in [-0.2, -0.15) is 0 Å². The van der Waals surface area contributed by atoms with Crippen molar-refractivity contribution >= 4 is 29.9 Å². The number of aliphatic hydroxyl groups is 1. The maximum Gasteiger partial charge on any atom is 0.191 e. The lowest BCUT2D eigenvalue weighted by atomic mass is 10.0. The van der Waals surface area contributed by atoms with Crippen LogP contribution in [0.2, 0.25) is 0 Å². The summed E-state index contributed by atoms with van der Waals surface area (Å²) in [4.78, 5) is 4.26. The molecule has 0 saturated carbocycles. The third kappa shape index (κ3) is 8.58. The molecule has 1 unspecified atom stereocenters. The minimum atomic E-state index is 0. The Morgan fingerprint density at radius 2 is 1.64 bits per heavy atom. The highest BCUT2D eigenvalue weighted by Gasteiger charge is 2.10. The Hall–Kier alpha value is -1.64. The molecule has 0 radical (unpaired) electrons. The Morgan fingerprint density at radius 3 is 2.21 bits per heavy atom. The standard InChI is InChI=1S/C22H31N3O2.HI/c1-17(2)27-16-19-11-9-18(10-12-19)13-24-22(23-3)25-14-21(15-26)20-7-5-4-6-8-20;/h4-12,17,21,26H,13-16H2,1-3H3,(H2,23,24,25);1H. The molecule has 5 nitrogen and oxygen atoms in total. The average molecular weight is 497 g/mol. The van der Waals surface area contributed by atoms with Gasteiger partial charge in [-0.3, -0.25) is 4.99 Å². The number of rotatable bonds is 9. The zero-order valence-electron chi connectivity index (χ0n) is 16.9. The van der Waals surface area contributed by atoms with Crippen LogP contribution in [0.4, 0.5) is 0 Å². The number of nitrogens with zero attached hydrogens (tertiary/aromatic N) is 1. The van der Waals surface area contributed by atoms with Gasteiger partial charge in [-0.25, -0.2) is 0 Å². The van der Waals surface area contributed by atoms with Crippen molar-refractivity contribution in [3.63, 3.8) is 0 Å². The summed E-state index contributed by atoms with van der Waals surface area (Å²) in [6, 6.07) is 18.4. The smallest absolute Gasteiger partial charge is 0.191 e. The highest BCUT2D eigenvalue weighted by atomic mass is 127. The second-order valence-electron chi connectivity index (χ2n) is 6.77. The highest BCUT2D eigenvalue weighted by molar-refractivity contribution is 14.0. The Morgan fingerprint density at radius 1 is 1.00 bits per heavy atom. The predicted molar refractivity (Wildman–Crippen MR) is 126 cm³/mol. The Kier molecular flexibility index (Phi) is 11.8. The molecule has 0 saturated heterocycles. The molecule has 1 atom stereocenters. The van der Waals surface area contributed by atoms with Gasteiger partial charge in [-0.15, -0.1) is 24.0 Å². The fraction of sp³-hybridized carbons (Fsp3) is 0.409. The van der Waals surface area contributed by atoms with Crippen molar-refractivity contribution < 1.29 is 9.84 Å². The van der Waals surface area contributed by atoms with Gasteiger partial charge >= 0.3 is 0 Å². The molecule has 0 spiro atoms. The maximum absolute atomic E-state index is 9.67. The molecule has 0 heterocycles. The van der Waals surface area contributed by atoms with E-state index in [0.29, 0.717) is 19.7 Å². The lowest BCUT2D eigenvalue weighted by Gasteiger charge is -2.18. The van der Waals surface area contributed by atoms with Crippen LogP contribution < -0.4 is 10.6 Å². The first-order valence-corrected chi connectivity index (χ1v) is 9.42. The summed E-state index contributed by atoms with van der Waals surface area (Å²) < 4.78 is 5.62. The second kappa shape index (κ2) is 13.5. The Balaban J connectivity index is 0.00000392. The molecule has 0 aliphatic rings. The van der Waals surface area contributed by atoms with Gasteiger partial charge in [0, 0.05) is 26.1 Å². The van der Waals surface area contributed by atoms with Gasteiger partial charge in [0.2, 0.25) is 0 Å². The number of halogens is 1. The zero-order chi connectivity index (χ0) is 19.5. The maximum atomic E-state index is 9.67. The van der Waals surface area contributed by atoms with Crippen LogP contribution in [0.25, 0.3) is 0 Å². The SMILES string of the molecule is CN=C(NCc1ccc(COC(C)C)cc1)NCC(CO)c1ccccc1.I. The fourth-order valence-corrected chi connectivity index (χ4v) is 2.66. The molecule has 154 valence electrons. The van der Waals surface area contributed by atoms with E-state index < -0.39 is 0 Å². The summed E-state index contributed by atoms with van der Waals surface area (Å²) in [5.74, 6) is 0.751. The summed E-state index contributed by atoms with van der Waals surface area (Å²) in [6.45, 7) is 6.10. The number of aliphatic imine (C=N–C) groups is 1. The first kappa shape index (κ1) is 24.4. The molecule has 0 amide bonds. The minimum absolute atomic E-state index is 0. The molecular formula is C22H32IN3O2. The number of nitrogens with one attached hydrogen (secondary N) is 2. The van der Waals surface area contributed by atoms with Crippen LogP contribution >= 0.6 is 24.0 Å². The predicted octanol–water partition coefficient (Wildman–Crippen LogP) is 3.67. The van der Waals surface area contributed by atoms with Gasteiger partial charge in [0.25, 0.3) is 0 Å². The van der Waals surface area contributed by atoms with Gasteiger partial charge in [0.05, 0.1) is 19.3 Å². The average Bonchev–Trinajstić information content (AvgIpc) is 2.70. The molecule has 2 aromatic carbocycles. The third-order valence-electron chi connectivity index (χ3n) is 4.30. The van der Waals surface area contributed by atoms with E-state index in [0.717, 1.165) is 11.5 Å². The zero-order valence-corrected chi connectivity index (χ0v) is 19.2. The van der Waals surface area contributed by atoms with Crippen LogP contribution in [-0.4, -0.2) is 37.4 Å². The van der Waals surface area contributed by atoms with Gasteiger partial charge in [0.15, 0.2) is 5.96 Å². The van der Waals surface area contributed by atoms with Gasteiger partial charge < -0.3 is 20.5 Å². The van der Waals surface area contributed by atoms with Gasteiger partial charge in [-0.1, -0.05) is 54.6 Å². The third-order valence-corrected chi connectivity index (χ3v) is 4.30. The van der Waals surface area contributed by atoms with Crippen molar-refractivity contribution in [3.8, 4) is 0 Å². The summed E-state index contributed by atoms with van der Waals surface area (Å²) in [5, 5.41) is 16.3. The van der Waals surface area contributed by atoms with E-state index in [2.05, 4.69) is 39.9 Å². The number of ether oxygens (including phenoxy) is 1. The molecule has 3 N–H and O–H groups in total. The van der Waals surface area contributed by atoms with Gasteiger partial charge in [-0.05, 0) is 30.5 Å². The van der Waals surface area contributed by atoms with E-state index in [1.807, 2.05) is 44.2 Å². The van der Waals surface area contributed by atoms with Crippen molar-refractivity contribution in [3.05, 3.63) is 71.3 Å². The molecule has 0 bridgehead atoms. The van der Waals surface area contributed by atoms with E-state index in [-0.39, 0.29) is 42.6 Å². The molecule has 6 heteroatoms. The molecule has 0 fully saturated rings. The second-order valence-corrected chi connectivity index (χ2v) is 6.77. The first-order chi connectivity index (χ1) is 13.1. The Bertz CT molecular complexity index is 691. The van der Waals surface area contributed by atoms with Crippen LogP contribution in [-0.2, 0) is 17.9 Å². The number of benzene rings is 2. The molecule has 2 rings (SSSR count). The van der Waals surface area contributed by atoms with Crippen molar-refractivity contribution in [1.29, 1.82) is 0 Å². The Labute approximate surface area is 185 Å². The summed E-state index contributed by atoms with van der Waals surface area (Å²) in [7, 11) is 1.75. The number of guanidine groups is 1. The van der Waals surface area contributed by atoms with Crippen LogP contribution in [0.5, 0.6) is 0 Å². The van der Waals surface area contributed by atoms with Crippen LogP contribution in [0, 0.1) is 0 Å². The van der Waals surface area contributed by atoms with E-state index in [9.17, 15) is 5.11 Å². The van der Waals surface area contributed by atoms with Crippen molar-refractivity contribution in [2.45, 2.75) is 39.0 Å². The van der Waals surface area contributed by atoms with E-state index in [1.165, 1.54) is 11.1 Å². The number of aliphatic hydroxyl groups excluding tert-OH is 1. The van der Waals surface area contributed by atoms with Gasteiger partial charge in [0.1, 0.15) is 0 Å². The minimum Gasteiger partial charge on any atom is -0.396 e. The van der Waals surface area contributed by atoms with E-state index >= 15 is 0 Å². The molecule has 28 heavy (non-hydrogen) atoms. The van der Waals surface area contributed by atoms with Crippen molar-refractivity contribution in [1.82, 2.24) is 10.6 Å². The van der Waals surface area contributed by atoms with Crippen LogP contribution in [0.1, 0.15) is 36.5 Å². The molecule has 2 aromatic rings. The summed E-state index contributed by atoms with van der Waals surface area (Å²) in [6.07, 6.45) is 0.236. The normalized spacial score (nSPS) is 12.4. The summed E-state index contributed by atoms with van der Waals surface area (Å²) in [5.41, 5.74) is 3.46. The van der Waals surface area contributed by atoms with Crippen molar-refractivity contribution in [2.24, 2.45) is 4.99 Å².